The van der Waals surface area contributed by atoms with Gasteiger partial charge in [0.2, 0.25) is 6.79 Å². The molecule has 4 nitrogen and oxygen atoms in total. The predicted molar refractivity (Wildman–Crippen MR) is 63.1 cm³/mol. The Kier molecular flexibility index (Phi) is 2.91. The minimum Gasteiger partial charge on any atom is -0.454 e. The first-order valence-electron chi connectivity index (χ1n) is 6.12. The minimum absolute atomic E-state index is 0.225. The summed E-state index contributed by atoms with van der Waals surface area (Å²) in [6.45, 7) is 1.54. The lowest BCUT2D eigenvalue weighted by Gasteiger charge is -2.31. The van der Waals surface area contributed by atoms with Crippen molar-refractivity contribution in [1.82, 2.24) is 5.32 Å². The molecule has 17 heavy (non-hydrogen) atoms. The molecule has 0 saturated carbocycles. The normalized spacial score (nSPS) is 27.1. The molecule has 2 atom stereocenters. The van der Waals surface area contributed by atoms with Gasteiger partial charge in [0.1, 0.15) is 0 Å². The molecular formula is C13H17NO3. The summed E-state index contributed by atoms with van der Waals surface area (Å²) in [4.78, 5) is 0. The van der Waals surface area contributed by atoms with E-state index in [-0.39, 0.29) is 12.6 Å². The number of aliphatic hydroxyl groups is 1. The van der Waals surface area contributed by atoms with Crippen LogP contribution in [0.3, 0.4) is 0 Å². The molecule has 0 aliphatic carbocycles. The number of hydrogen-bond donors (Lipinski definition) is 2. The number of rotatable bonds is 2. The Morgan fingerprint density at radius 2 is 2.18 bits per heavy atom. The van der Waals surface area contributed by atoms with Gasteiger partial charge in [-0.1, -0.05) is 6.07 Å². The van der Waals surface area contributed by atoms with E-state index >= 15 is 0 Å². The molecule has 2 N–H and O–H groups in total. The predicted octanol–water partition coefficient (Wildman–Crippen LogP) is 1.45. The van der Waals surface area contributed by atoms with Crippen LogP contribution in [-0.4, -0.2) is 25.1 Å². The molecule has 2 unspecified atom stereocenters. The maximum Gasteiger partial charge on any atom is 0.231 e. The zero-order valence-electron chi connectivity index (χ0n) is 9.69. The number of ether oxygens (including phenoxy) is 2. The number of fused-ring (bicyclic) bond motifs is 1. The van der Waals surface area contributed by atoms with Gasteiger partial charge in [0.25, 0.3) is 0 Å². The molecular weight excluding hydrogens is 218 g/mol. The topological polar surface area (TPSA) is 50.7 Å². The highest BCUT2D eigenvalue weighted by Gasteiger charge is 2.26. The SMILES string of the molecule is OCC1CCCNC1c1ccc2c(c1)OCO2. The summed E-state index contributed by atoms with van der Waals surface area (Å²) in [6, 6.07) is 6.25. The maximum absolute atomic E-state index is 9.42. The average Bonchev–Trinajstić information content (AvgIpc) is 2.85. The second kappa shape index (κ2) is 4.55. The first kappa shape index (κ1) is 10.9. The zero-order chi connectivity index (χ0) is 11.7. The van der Waals surface area contributed by atoms with Gasteiger partial charge < -0.3 is 19.9 Å². The van der Waals surface area contributed by atoms with Crippen molar-refractivity contribution in [3.05, 3.63) is 23.8 Å². The molecule has 0 radical (unpaired) electrons. The average molecular weight is 235 g/mol. The first-order chi connectivity index (χ1) is 8.38. The van der Waals surface area contributed by atoms with E-state index in [4.69, 9.17) is 9.47 Å². The van der Waals surface area contributed by atoms with E-state index in [2.05, 4.69) is 11.4 Å². The van der Waals surface area contributed by atoms with E-state index in [9.17, 15) is 5.11 Å². The second-order valence-corrected chi connectivity index (χ2v) is 4.63. The lowest BCUT2D eigenvalue weighted by Crippen LogP contribution is -2.35. The highest BCUT2D eigenvalue weighted by Crippen LogP contribution is 2.37. The fraction of sp³-hybridized carbons (Fsp3) is 0.538. The Morgan fingerprint density at radius 3 is 3.06 bits per heavy atom. The lowest BCUT2D eigenvalue weighted by molar-refractivity contribution is 0.159. The van der Waals surface area contributed by atoms with Crippen molar-refractivity contribution in [2.75, 3.05) is 19.9 Å². The summed E-state index contributed by atoms with van der Waals surface area (Å²) >= 11 is 0. The van der Waals surface area contributed by atoms with Crippen molar-refractivity contribution in [3.8, 4) is 11.5 Å². The van der Waals surface area contributed by atoms with Gasteiger partial charge in [0, 0.05) is 18.6 Å². The van der Waals surface area contributed by atoms with Gasteiger partial charge in [0.05, 0.1) is 0 Å². The smallest absolute Gasteiger partial charge is 0.231 e. The highest BCUT2D eigenvalue weighted by atomic mass is 16.7. The fourth-order valence-electron chi connectivity index (χ4n) is 2.65. The van der Waals surface area contributed by atoms with E-state index in [1.165, 1.54) is 5.56 Å². The third kappa shape index (κ3) is 1.98. The van der Waals surface area contributed by atoms with Gasteiger partial charge in [-0.15, -0.1) is 0 Å². The molecule has 1 aromatic rings. The molecule has 0 spiro atoms. The molecule has 4 heteroatoms. The number of aliphatic hydroxyl groups excluding tert-OH is 1. The van der Waals surface area contributed by atoms with E-state index in [0.717, 1.165) is 30.9 Å². The van der Waals surface area contributed by atoms with Gasteiger partial charge in [-0.05, 0) is 37.1 Å². The summed E-state index contributed by atoms with van der Waals surface area (Å²) in [7, 11) is 0. The van der Waals surface area contributed by atoms with Gasteiger partial charge >= 0.3 is 0 Å². The van der Waals surface area contributed by atoms with Crippen LogP contribution in [0.5, 0.6) is 11.5 Å². The monoisotopic (exact) mass is 235 g/mol. The first-order valence-corrected chi connectivity index (χ1v) is 6.12. The molecule has 0 amide bonds. The quantitative estimate of drug-likeness (QED) is 0.814. The van der Waals surface area contributed by atoms with Crippen molar-refractivity contribution >= 4 is 0 Å². The highest BCUT2D eigenvalue weighted by molar-refractivity contribution is 5.45. The van der Waals surface area contributed by atoms with Crippen molar-refractivity contribution in [1.29, 1.82) is 0 Å². The lowest BCUT2D eigenvalue weighted by atomic mass is 9.87. The zero-order valence-corrected chi connectivity index (χ0v) is 9.69. The standard InChI is InChI=1S/C13H17NO3/c15-7-10-2-1-5-14-13(10)9-3-4-11-12(6-9)17-8-16-11/h3-4,6,10,13-15H,1-2,5,7-8H2. The molecule has 1 aromatic carbocycles. The number of benzene rings is 1. The Bertz CT molecular complexity index is 408. The molecule has 1 fully saturated rings. The Morgan fingerprint density at radius 1 is 1.29 bits per heavy atom. The molecule has 2 aliphatic rings. The molecule has 0 aromatic heterocycles. The summed E-state index contributed by atoms with van der Waals surface area (Å²) in [6.07, 6.45) is 2.20. The van der Waals surface area contributed by atoms with Crippen LogP contribution in [0.15, 0.2) is 18.2 Å². The molecule has 2 heterocycles. The summed E-state index contributed by atoms with van der Waals surface area (Å²) in [5.74, 6) is 1.92. The Balaban J connectivity index is 1.87. The Labute approximate surface area is 101 Å². The van der Waals surface area contributed by atoms with Crippen LogP contribution >= 0.6 is 0 Å². The summed E-state index contributed by atoms with van der Waals surface area (Å²) in [5, 5.41) is 12.9. The third-order valence-corrected chi connectivity index (χ3v) is 3.58. The summed E-state index contributed by atoms with van der Waals surface area (Å²) in [5.41, 5.74) is 1.17. The largest absolute Gasteiger partial charge is 0.454 e. The molecule has 92 valence electrons. The van der Waals surface area contributed by atoms with Crippen LogP contribution in [0, 0.1) is 5.92 Å². The van der Waals surface area contributed by atoms with Crippen LogP contribution < -0.4 is 14.8 Å². The number of hydrogen-bond acceptors (Lipinski definition) is 4. The third-order valence-electron chi connectivity index (χ3n) is 3.58. The van der Waals surface area contributed by atoms with E-state index in [1.807, 2.05) is 12.1 Å². The molecule has 0 bridgehead atoms. The van der Waals surface area contributed by atoms with Gasteiger partial charge in [0.15, 0.2) is 11.5 Å². The fourth-order valence-corrected chi connectivity index (χ4v) is 2.65. The summed E-state index contributed by atoms with van der Waals surface area (Å²) < 4.78 is 10.7. The van der Waals surface area contributed by atoms with Crippen molar-refractivity contribution in [3.63, 3.8) is 0 Å². The van der Waals surface area contributed by atoms with Gasteiger partial charge in [-0.25, -0.2) is 0 Å². The van der Waals surface area contributed by atoms with Crippen molar-refractivity contribution in [2.24, 2.45) is 5.92 Å². The minimum atomic E-state index is 0.225. The second-order valence-electron chi connectivity index (χ2n) is 4.63. The molecule has 1 saturated heterocycles. The van der Waals surface area contributed by atoms with Gasteiger partial charge in [-0.3, -0.25) is 0 Å². The van der Waals surface area contributed by atoms with E-state index < -0.39 is 0 Å². The van der Waals surface area contributed by atoms with Crippen LogP contribution in [0.1, 0.15) is 24.4 Å². The van der Waals surface area contributed by atoms with E-state index in [1.54, 1.807) is 0 Å². The van der Waals surface area contributed by atoms with Crippen LogP contribution in [0.2, 0.25) is 0 Å². The van der Waals surface area contributed by atoms with Crippen LogP contribution in [0.4, 0.5) is 0 Å². The molecule has 2 aliphatic heterocycles. The number of nitrogens with one attached hydrogen (secondary N) is 1. The Hall–Kier alpha value is -1.26. The van der Waals surface area contributed by atoms with Crippen molar-refractivity contribution < 1.29 is 14.6 Å². The van der Waals surface area contributed by atoms with Crippen LogP contribution in [0.25, 0.3) is 0 Å². The maximum atomic E-state index is 9.42. The van der Waals surface area contributed by atoms with E-state index in [0.29, 0.717) is 12.7 Å². The molecule has 3 rings (SSSR count). The van der Waals surface area contributed by atoms with Crippen LogP contribution in [-0.2, 0) is 0 Å². The van der Waals surface area contributed by atoms with Gasteiger partial charge in [-0.2, -0.15) is 0 Å². The van der Waals surface area contributed by atoms with Crippen molar-refractivity contribution in [2.45, 2.75) is 18.9 Å². The number of piperidine rings is 1.